The Bertz CT molecular complexity index is 5190. The molecule has 0 saturated carbocycles. The Kier molecular flexibility index (Phi) is 17.5. The van der Waals surface area contributed by atoms with Gasteiger partial charge in [0.25, 0.3) is 0 Å². The third-order valence-electron chi connectivity index (χ3n) is 16.2. The van der Waals surface area contributed by atoms with Crippen LogP contribution in [0.15, 0.2) is 229 Å². The van der Waals surface area contributed by atoms with Crippen LogP contribution in [-0.4, -0.2) is 67.4 Å². The van der Waals surface area contributed by atoms with E-state index in [1.54, 1.807) is 69.9 Å². The number of methoxy groups -OCH3 is 4. The molecule has 0 bridgehead atoms. The number of anilines is 2. The van der Waals surface area contributed by atoms with Gasteiger partial charge in [-0.25, -0.2) is 14.4 Å². The summed E-state index contributed by atoms with van der Waals surface area (Å²) in [4.78, 5) is 48.8. The molecule has 94 heavy (non-hydrogen) atoms. The fourth-order valence-corrected chi connectivity index (χ4v) is 12.0. The third-order valence-corrected chi connectivity index (χ3v) is 16.2. The molecule has 0 saturated heterocycles. The molecule has 1 unspecified atom stereocenters. The van der Waals surface area contributed by atoms with Crippen LogP contribution < -0.4 is 35.8 Å². The number of aromatic carboxylic acids is 1. The fraction of sp³-hybridized carbons (Fsp3) is 0.0779. The summed E-state index contributed by atoms with van der Waals surface area (Å²) in [6.45, 7) is 0. The maximum atomic E-state index is 12.9. The number of ether oxygens (including phenoxy) is 6. The van der Waals surface area contributed by atoms with E-state index in [9.17, 15) is 29.4 Å². The molecule has 1 atom stereocenters. The van der Waals surface area contributed by atoms with Crippen molar-refractivity contribution in [3.05, 3.63) is 274 Å². The molecule has 3 heterocycles. The number of fused-ring (bicyclic) bond motifs is 13. The Morgan fingerprint density at radius 3 is 1.73 bits per heavy atom. The van der Waals surface area contributed by atoms with Gasteiger partial charge in [0.05, 0.1) is 72.2 Å². The molecular formula is C77H61N3O14. The van der Waals surface area contributed by atoms with Crippen LogP contribution >= 0.6 is 0 Å². The first-order valence-corrected chi connectivity index (χ1v) is 29.0. The molecule has 11 aromatic carbocycles. The molecule has 15 rings (SSSR count). The Labute approximate surface area is 538 Å². The number of phenols is 2. The lowest BCUT2D eigenvalue weighted by molar-refractivity contribution is 0.0225. The van der Waals surface area contributed by atoms with Crippen molar-refractivity contribution in [2.45, 2.75) is 13.0 Å². The Morgan fingerprint density at radius 2 is 1.06 bits per heavy atom. The van der Waals surface area contributed by atoms with Gasteiger partial charge in [-0.15, -0.1) is 0 Å². The van der Waals surface area contributed by atoms with Crippen LogP contribution in [0, 0.1) is 5.41 Å². The monoisotopic (exact) mass is 1250 g/mol. The van der Waals surface area contributed by atoms with Crippen molar-refractivity contribution in [1.29, 1.82) is 5.41 Å². The average molecular weight is 1250 g/mol. The number of rotatable bonds is 8. The molecular weight excluding hydrogens is 1190 g/mol. The fourth-order valence-electron chi connectivity index (χ4n) is 12.0. The first kappa shape index (κ1) is 63.0. The first-order chi connectivity index (χ1) is 45.1. The van der Waals surface area contributed by atoms with Gasteiger partial charge in [-0.2, -0.15) is 0 Å². The van der Waals surface area contributed by atoms with Crippen molar-refractivity contribution in [2.75, 3.05) is 39.9 Å². The smallest absolute Gasteiger partial charge is 0.340 e. The molecule has 8 N–H and O–H groups in total. The van der Waals surface area contributed by atoms with E-state index in [-0.39, 0.29) is 41.6 Å². The summed E-state index contributed by atoms with van der Waals surface area (Å²) in [7, 11) is 6.23. The van der Waals surface area contributed by atoms with Crippen molar-refractivity contribution < 1.29 is 67.3 Å². The molecule has 468 valence electrons. The summed E-state index contributed by atoms with van der Waals surface area (Å²) in [5.74, 6) is 1.27. The van der Waals surface area contributed by atoms with Crippen LogP contribution in [0.1, 0.15) is 71.1 Å². The predicted octanol–water partition coefficient (Wildman–Crippen LogP) is 15.7. The molecule has 0 aromatic heterocycles. The summed E-state index contributed by atoms with van der Waals surface area (Å²) < 4.78 is 40.4. The number of hydrogen-bond acceptors (Lipinski definition) is 16. The quantitative estimate of drug-likeness (QED) is 0.0271. The van der Waals surface area contributed by atoms with Gasteiger partial charge in [-0.05, 0) is 113 Å². The number of nitrogens with one attached hydrogen (secondary N) is 1. The second-order valence-electron chi connectivity index (χ2n) is 21.5. The van der Waals surface area contributed by atoms with Crippen molar-refractivity contribution in [3.8, 4) is 62.7 Å². The predicted molar refractivity (Wildman–Crippen MR) is 361 cm³/mol. The van der Waals surface area contributed by atoms with Crippen molar-refractivity contribution in [3.63, 3.8) is 0 Å². The minimum atomic E-state index is -1.20. The number of hydrogen-bond donors (Lipinski definition) is 6. The minimum absolute atomic E-state index is 0. The number of carboxylic acids is 1. The first-order valence-electron chi connectivity index (χ1n) is 29.0. The number of ketones is 1. The zero-order valence-corrected chi connectivity index (χ0v) is 50.3. The van der Waals surface area contributed by atoms with Crippen molar-refractivity contribution >= 4 is 78.4 Å². The zero-order chi connectivity index (χ0) is 65.2. The van der Waals surface area contributed by atoms with Crippen LogP contribution in [0.25, 0.3) is 65.7 Å². The van der Waals surface area contributed by atoms with Gasteiger partial charge in [-0.3, -0.25) is 4.79 Å². The van der Waals surface area contributed by atoms with Crippen LogP contribution in [0.4, 0.5) is 11.4 Å². The molecule has 11 aromatic rings. The highest BCUT2D eigenvalue weighted by Gasteiger charge is 2.54. The summed E-state index contributed by atoms with van der Waals surface area (Å²) >= 11 is 0. The second-order valence-corrected chi connectivity index (χ2v) is 21.5. The molecule has 17 heteroatoms. The van der Waals surface area contributed by atoms with E-state index in [0.29, 0.717) is 67.9 Å². The van der Waals surface area contributed by atoms with Crippen LogP contribution in [-0.2, 0) is 15.1 Å². The minimum Gasteiger partial charge on any atom is -0.507 e. The van der Waals surface area contributed by atoms with Gasteiger partial charge in [0.2, 0.25) is 0 Å². The highest BCUT2D eigenvalue weighted by molar-refractivity contribution is 6.17. The number of nitrogens with two attached hydrogens (primary N) is 2. The van der Waals surface area contributed by atoms with Crippen LogP contribution in [0.2, 0.25) is 0 Å². The van der Waals surface area contributed by atoms with E-state index in [4.69, 9.17) is 54.8 Å². The number of carbonyl (C=O) groups excluding carboxylic acids is 3. The summed E-state index contributed by atoms with van der Waals surface area (Å²) in [5, 5.41) is 43.0. The molecule has 0 radical (unpaired) electrons. The Morgan fingerprint density at radius 1 is 0.500 bits per heavy atom. The van der Waals surface area contributed by atoms with Gasteiger partial charge in [-0.1, -0.05) is 123 Å². The van der Waals surface area contributed by atoms with Crippen LogP contribution in [0.3, 0.4) is 0 Å². The van der Waals surface area contributed by atoms with E-state index in [1.807, 2.05) is 140 Å². The molecule has 0 fully saturated rings. The standard InChI is InChI=1S/C26H19NO4.C25H17NO4.C14H11NO4.C11H10O2.CH4/c1-29-21-9-5-6-15-10-12-20-24(17-7-3-4-8-18(17)26(28)30-2)19-13-11-16(27)14-22(19)31-25(20)23(15)21;1-28-20-8-4-5-14-9-11-19-23(22(14)20)29-21-13-15(26)10-12-18(21)25(19)17-7-3-2-6-16(17)24(27)30-25;15-8-5-6-11(12(16)7-8)13(17)9-3-1-2-4-10(9)14(18)19;1-13-10-7-3-5-8-4-2-6-9(12)11(8)10;/h3-14,27H,1-2H3;2-13H,26H2,1H3;1-7,16H,15H2,(H,18,19);2-7,12H,1H3;1H4. The number of aromatic hydroxyl groups is 2. The van der Waals surface area contributed by atoms with Crippen LogP contribution in [0.5, 0.6) is 40.2 Å². The van der Waals surface area contributed by atoms with Crippen molar-refractivity contribution in [1.82, 2.24) is 0 Å². The molecule has 4 aliphatic rings. The molecule has 17 nitrogen and oxygen atoms in total. The SMILES string of the molecule is C.COC(=O)c1ccccc1-c1c2ccc(=N)cc-2oc2c1ccc1cccc(OC)c12.COc1cccc2ccc3c(c12)Oc1cc(N)ccc1C31OC(=O)c2ccccc21.COc1cccc2cccc(O)c12.Nc1ccc(C(=O)c2ccccc2C(=O)O)c(O)c1. The van der Waals surface area contributed by atoms with E-state index in [0.717, 1.165) is 71.1 Å². The summed E-state index contributed by atoms with van der Waals surface area (Å²) in [5.41, 5.74) is 17.6. The number of nitrogen functional groups attached to an aromatic ring is 2. The van der Waals surface area contributed by atoms with Gasteiger partial charge in [0.1, 0.15) is 51.6 Å². The summed E-state index contributed by atoms with van der Waals surface area (Å²) in [6.07, 6.45) is 0. The highest BCUT2D eigenvalue weighted by atomic mass is 16.6. The van der Waals surface area contributed by atoms with Crippen molar-refractivity contribution in [2.24, 2.45) is 0 Å². The maximum absolute atomic E-state index is 12.9. The Hall–Kier alpha value is -12.6. The maximum Gasteiger partial charge on any atom is 0.340 e. The second kappa shape index (κ2) is 26.1. The van der Waals surface area contributed by atoms with E-state index in [1.165, 1.54) is 43.5 Å². The lowest BCUT2D eigenvalue weighted by Gasteiger charge is -2.37. The molecule has 1 aliphatic carbocycles. The number of phenolic OH excluding ortho intramolecular Hbond substituents is 2. The summed E-state index contributed by atoms with van der Waals surface area (Å²) in [6, 6.07) is 66.2. The normalized spacial score (nSPS) is 13.0. The van der Waals surface area contributed by atoms with E-state index < -0.39 is 23.3 Å². The topological polar surface area (TPSA) is 273 Å². The number of benzene rings is 12. The molecule has 1 spiro atoms. The van der Waals surface area contributed by atoms with Gasteiger partial charge in [0, 0.05) is 68.3 Å². The Balaban J connectivity index is 0.000000134. The lowest BCUT2D eigenvalue weighted by Crippen LogP contribution is -2.33. The highest BCUT2D eigenvalue weighted by Crippen LogP contribution is 2.59. The number of esters is 2. The largest absolute Gasteiger partial charge is 0.507 e. The van der Waals surface area contributed by atoms with E-state index in [2.05, 4.69) is 0 Å². The van der Waals surface area contributed by atoms with Gasteiger partial charge < -0.3 is 65.0 Å². The van der Waals surface area contributed by atoms with E-state index >= 15 is 0 Å². The number of carboxylic acid groups (broad SMARTS) is 1. The molecule has 3 aliphatic heterocycles. The van der Waals surface area contributed by atoms with Gasteiger partial charge >= 0.3 is 17.9 Å². The average Bonchev–Trinajstić information content (AvgIpc) is 1.41. The number of carbonyl (C=O) groups is 4. The third kappa shape index (κ3) is 11.2. The van der Waals surface area contributed by atoms with Gasteiger partial charge in [0.15, 0.2) is 11.4 Å². The lowest BCUT2D eigenvalue weighted by atomic mass is 9.77. The zero-order valence-electron chi connectivity index (χ0n) is 50.3. The molecule has 0 amide bonds.